The Bertz CT molecular complexity index is 1060. The third kappa shape index (κ3) is 5.35. The molecule has 2 aromatic carbocycles. The number of fused-ring (bicyclic) bond motifs is 1. The number of rotatable bonds is 7. The van der Waals surface area contributed by atoms with Crippen LogP contribution in [0.1, 0.15) is 25.1 Å². The van der Waals surface area contributed by atoms with Crippen molar-refractivity contribution in [2.75, 3.05) is 19.7 Å². The summed E-state index contributed by atoms with van der Waals surface area (Å²) in [4.78, 5) is 31.7. The van der Waals surface area contributed by atoms with Gasteiger partial charge in [-0.3, -0.25) is 9.59 Å². The molecule has 0 saturated carbocycles. The number of imidazole rings is 1. The maximum Gasteiger partial charge on any atom is 0.258 e. The van der Waals surface area contributed by atoms with Crippen molar-refractivity contribution in [1.29, 1.82) is 0 Å². The van der Waals surface area contributed by atoms with Gasteiger partial charge in [-0.15, -0.1) is 0 Å². The molecule has 3 aromatic rings. The highest BCUT2D eigenvalue weighted by Crippen LogP contribution is 2.18. The van der Waals surface area contributed by atoms with Crippen molar-refractivity contribution in [2.24, 2.45) is 0 Å². The smallest absolute Gasteiger partial charge is 0.258 e. The molecule has 31 heavy (non-hydrogen) atoms. The van der Waals surface area contributed by atoms with E-state index < -0.39 is 0 Å². The number of carbonyl (C=O) groups is 2. The third-order valence-electron chi connectivity index (χ3n) is 5.36. The zero-order valence-corrected chi connectivity index (χ0v) is 18.0. The topological polar surface area (TPSA) is 76.5 Å². The van der Waals surface area contributed by atoms with Crippen molar-refractivity contribution >= 4 is 34.4 Å². The third-order valence-corrected chi connectivity index (χ3v) is 5.61. The molecule has 0 atom stereocenters. The van der Waals surface area contributed by atoms with Crippen LogP contribution in [0.15, 0.2) is 48.5 Å². The number of amides is 2. The van der Waals surface area contributed by atoms with Gasteiger partial charge >= 0.3 is 0 Å². The van der Waals surface area contributed by atoms with Crippen molar-refractivity contribution in [3.8, 4) is 5.75 Å². The summed E-state index contributed by atoms with van der Waals surface area (Å²) in [6.45, 7) is 1.92. The normalized spacial score (nSPS) is 13.9. The van der Waals surface area contributed by atoms with E-state index >= 15 is 0 Å². The van der Waals surface area contributed by atoms with Crippen LogP contribution in [0.4, 0.5) is 0 Å². The van der Waals surface area contributed by atoms with Crippen LogP contribution in [0.2, 0.25) is 5.02 Å². The molecule has 1 N–H and O–H groups in total. The molecule has 4 rings (SSSR count). The minimum atomic E-state index is -0.268. The minimum absolute atomic E-state index is 0.0847. The van der Waals surface area contributed by atoms with Crippen molar-refractivity contribution in [2.45, 2.75) is 32.4 Å². The highest BCUT2D eigenvalue weighted by molar-refractivity contribution is 6.30. The van der Waals surface area contributed by atoms with Crippen LogP contribution in [-0.2, 0) is 22.7 Å². The summed E-state index contributed by atoms with van der Waals surface area (Å²) < 4.78 is 7.38. The molecule has 0 bridgehead atoms. The lowest BCUT2D eigenvalue weighted by molar-refractivity contribution is -0.132. The highest BCUT2D eigenvalue weighted by Gasteiger charge is 2.20. The second-order valence-corrected chi connectivity index (χ2v) is 8.00. The summed E-state index contributed by atoms with van der Waals surface area (Å²) in [5.74, 6) is 1.03. The average molecular weight is 441 g/mol. The molecule has 1 fully saturated rings. The van der Waals surface area contributed by atoms with E-state index in [0.29, 0.717) is 16.6 Å². The molecule has 1 aliphatic rings. The average Bonchev–Trinajstić information content (AvgIpc) is 3.15. The summed E-state index contributed by atoms with van der Waals surface area (Å²) in [7, 11) is 0. The first-order valence-corrected chi connectivity index (χ1v) is 10.8. The molecule has 0 radical (unpaired) electrons. The van der Waals surface area contributed by atoms with Gasteiger partial charge in [0.2, 0.25) is 5.91 Å². The Morgan fingerprint density at radius 1 is 1.03 bits per heavy atom. The Morgan fingerprint density at radius 3 is 2.55 bits per heavy atom. The van der Waals surface area contributed by atoms with E-state index in [1.807, 2.05) is 33.7 Å². The summed E-state index contributed by atoms with van der Waals surface area (Å²) in [5, 5.41) is 3.44. The number of halogens is 1. The van der Waals surface area contributed by atoms with E-state index in [9.17, 15) is 9.59 Å². The Kier molecular flexibility index (Phi) is 6.72. The SMILES string of the molecule is O=C(COc1ccc(Cl)cc1)NCc1nc2ccccc2n1CC(=O)N1CCCCC1. The number of piperidine rings is 1. The number of aromatic nitrogens is 2. The molecule has 1 aromatic heterocycles. The fraction of sp³-hybridized carbons (Fsp3) is 0.348. The Labute approximate surface area is 186 Å². The van der Waals surface area contributed by atoms with Gasteiger partial charge < -0.3 is 19.5 Å². The molecule has 2 amide bonds. The number of hydrogen-bond acceptors (Lipinski definition) is 4. The summed E-state index contributed by atoms with van der Waals surface area (Å²) in [6, 6.07) is 14.5. The van der Waals surface area contributed by atoms with Gasteiger partial charge in [-0.2, -0.15) is 0 Å². The van der Waals surface area contributed by atoms with Crippen molar-refractivity contribution in [1.82, 2.24) is 19.8 Å². The number of hydrogen-bond donors (Lipinski definition) is 1. The van der Waals surface area contributed by atoms with Crippen LogP contribution >= 0.6 is 11.6 Å². The van der Waals surface area contributed by atoms with Gasteiger partial charge in [-0.25, -0.2) is 4.98 Å². The number of para-hydroxylation sites is 2. The van der Waals surface area contributed by atoms with E-state index in [4.69, 9.17) is 16.3 Å². The van der Waals surface area contributed by atoms with Crippen molar-refractivity contribution < 1.29 is 14.3 Å². The van der Waals surface area contributed by atoms with Crippen LogP contribution in [0.25, 0.3) is 11.0 Å². The second kappa shape index (κ2) is 9.83. The van der Waals surface area contributed by atoms with Gasteiger partial charge in [0.15, 0.2) is 6.61 Å². The van der Waals surface area contributed by atoms with Crippen LogP contribution in [0.5, 0.6) is 5.75 Å². The summed E-state index contributed by atoms with van der Waals surface area (Å²) in [6.07, 6.45) is 3.27. The first-order valence-electron chi connectivity index (χ1n) is 10.5. The maximum absolute atomic E-state index is 12.8. The zero-order valence-electron chi connectivity index (χ0n) is 17.2. The van der Waals surface area contributed by atoms with Gasteiger partial charge in [0, 0.05) is 18.1 Å². The second-order valence-electron chi connectivity index (χ2n) is 7.56. The molecular weight excluding hydrogens is 416 g/mol. The van der Waals surface area contributed by atoms with Crippen LogP contribution in [0.3, 0.4) is 0 Å². The van der Waals surface area contributed by atoms with Gasteiger partial charge in [0.05, 0.1) is 17.6 Å². The Hall–Kier alpha value is -3.06. The first kappa shape index (κ1) is 21.2. The number of nitrogens with zero attached hydrogens (tertiary/aromatic N) is 3. The number of likely N-dealkylation sites (tertiary alicyclic amines) is 1. The molecule has 0 unspecified atom stereocenters. The molecule has 1 aliphatic heterocycles. The van der Waals surface area contributed by atoms with E-state index in [1.54, 1.807) is 24.3 Å². The molecule has 162 valence electrons. The lowest BCUT2D eigenvalue weighted by Crippen LogP contribution is -2.38. The van der Waals surface area contributed by atoms with E-state index in [1.165, 1.54) is 6.42 Å². The van der Waals surface area contributed by atoms with Gasteiger partial charge in [-0.1, -0.05) is 23.7 Å². The monoisotopic (exact) mass is 440 g/mol. The molecule has 7 nitrogen and oxygen atoms in total. The molecule has 8 heteroatoms. The van der Waals surface area contributed by atoms with E-state index in [2.05, 4.69) is 10.3 Å². The van der Waals surface area contributed by atoms with Gasteiger partial charge in [0.1, 0.15) is 18.1 Å². The fourth-order valence-electron chi connectivity index (χ4n) is 3.72. The first-order chi connectivity index (χ1) is 15.1. The van der Waals surface area contributed by atoms with Crippen LogP contribution in [-0.4, -0.2) is 46.0 Å². The number of carbonyl (C=O) groups excluding carboxylic acids is 2. The Balaban J connectivity index is 1.41. The largest absolute Gasteiger partial charge is 0.484 e. The number of ether oxygens (including phenoxy) is 1. The number of benzene rings is 2. The molecule has 0 spiro atoms. The summed E-state index contributed by atoms with van der Waals surface area (Å²) >= 11 is 5.85. The van der Waals surface area contributed by atoms with Gasteiger partial charge in [-0.05, 0) is 55.7 Å². The van der Waals surface area contributed by atoms with E-state index in [0.717, 1.165) is 37.0 Å². The van der Waals surface area contributed by atoms with E-state index in [-0.39, 0.29) is 31.5 Å². The zero-order chi connectivity index (χ0) is 21.6. The predicted molar refractivity (Wildman–Crippen MR) is 119 cm³/mol. The highest BCUT2D eigenvalue weighted by atomic mass is 35.5. The fourth-order valence-corrected chi connectivity index (χ4v) is 3.85. The van der Waals surface area contributed by atoms with Crippen molar-refractivity contribution in [3.05, 3.63) is 59.4 Å². The molecule has 1 saturated heterocycles. The standard InChI is InChI=1S/C23H25ClN4O3/c24-17-8-10-18(11-9-17)31-16-22(29)25-14-21-26-19-6-2-3-7-20(19)28(21)15-23(30)27-12-4-1-5-13-27/h2-3,6-11H,1,4-5,12-16H2,(H,25,29). The number of nitrogens with one attached hydrogen (secondary N) is 1. The van der Waals surface area contributed by atoms with Gasteiger partial charge in [0.25, 0.3) is 5.91 Å². The lowest BCUT2D eigenvalue weighted by Gasteiger charge is -2.27. The van der Waals surface area contributed by atoms with Crippen molar-refractivity contribution in [3.63, 3.8) is 0 Å². The predicted octanol–water partition coefficient (Wildman–Crippen LogP) is 3.40. The minimum Gasteiger partial charge on any atom is -0.484 e. The molecule has 0 aliphatic carbocycles. The summed E-state index contributed by atoms with van der Waals surface area (Å²) in [5.41, 5.74) is 1.69. The molecule has 2 heterocycles. The maximum atomic E-state index is 12.8. The van der Waals surface area contributed by atoms with Crippen LogP contribution < -0.4 is 10.1 Å². The lowest BCUT2D eigenvalue weighted by atomic mass is 10.1. The Morgan fingerprint density at radius 2 is 1.77 bits per heavy atom. The quantitative estimate of drug-likeness (QED) is 0.611. The molecular formula is C23H25ClN4O3. The van der Waals surface area contributed by atoms with Crippen LogP contribution in [0, 0.1) is 0 Å².